The summed E-state index contributed by atoms with van der Waals surface area (Å²) >= 11 is 1.47. The zero-order valence-corrected chi connectivity index (χ0v) is 15.9. The van der Waals surface area contributed by atoms with Crippen LogP contribution in [-0.4, -0.2) is 34.0 Å². The lowest BCUT2D eigenvalue weighted by Gasteiger charge is -2.22. The number of rotatable bonds is 5. The molecule has 2 amide bonds. The molecule has 0 atom stereocenters. The van der Waals surface area contributed by atoms with Crippen molar-refractivity contribution in [3.8, 4) is 0 Å². The first-order valence-electron chi connectivity index (χ1n) is 8.97. The Labute approximate surface area is 155 Å². The first kappa shape index (κ1) is 18.6. The highest BCUT2D eigenvalue weighted by molar-refractivity contribution is 7.18. The molecule has 0 aliphatic heterocycles. The van der Waals surface area contributed by atoms with Crippen molar-refractivity contribution < 1.29 is 9.59 Å². The number of thiophene rings is 1. The lowest BCUT2D eigenvalue weighted by Crippen LogP contribution is -2.43. The quantitative estimate of drug-likeness (QED) is 0.830. The van der Waals surface area contributed by atoms with Crippen LogP contribution in [0, 0.1) is 13.8 Å². The van der Waals surface area contributed by atoms with E-state index in [0.717, 1.165) is 36.1 Å². The summed E-state index contributed by atoms with van der Waals surface area (Å²) in [4.78, 5) is 42.6. The number of aryl methyl sites for hydroxylation is 2. The van der Waals surface area contributed by atoms with E-state index in [2.05, 4.69) is 15.6 Å². The molecule has 2 N–H and O–H groups in total. The highest BCUT2D eigenvalue weighted by atomic mass is 32.1. The molecular weight excluding hydrogens is 352 g/mol. The van der Waals surface area contributed by atoms with Crippen LogP contribution in [0.5, 0.6) is 0 Å². The van der Waals surface area contributed by atoms with Crippen LogP contribution in [0.1, 0.15) is 42.5 Å². The van der Waals surface area contributed by atoms with Crippen LogP contribution >= 0.6 is 11.3 Å². The number of nitrogens with zero attached hydrogens (tertiary/aromatic N) is 2. The highest BCUT2D eigenvalue weighted by Crippen LogP contribution is 2.25. The summed E-state index contributed by atoms with van der Waals surface area (Å²) in [6, 6.07) is 0.215. The van der Waals surface area contributed by atoms with E-state index < -0.39 is 0 Å². The van der Waals surface area contributed by atoms with Crippen LogP contribution in [0.25, 0.3) is 10.2 Å². The second kappa shape index (κ2) is 7.99. The summed E-state index contributed by atoms with van der Waals surface area (Å²) < 4.78 is 1.29. The molecule has 0 spiro atoms. The fraction of sp³-hybridized carbons (Fsp3) is 0.556. The van der Waals surface area contributed by atoms with E-state index in [-0.39, 0.29) is 36.5 Å². The van der Waals surface area contributed by atoms with Gasteiger partial charge in [0.2, 0.25) is 11.8 Å². The number of nitrogens with one attached hydrogen (secondary N) is 2. The summed E-state index contributed by atoms with van der Waals surface area (Å²) in [5, 5.41) is 6.10. The minimum absolute atomic E-state index is 0.0731. The predicted octanol–water partition coefficient (Wildman–Crippen LogP) is 1.64. The van der Waals surface area contributed by atoms with Crippen LogP contribution in [0.2, 0.25) is 0 Å². The number of fused-ring (bicyclic) bond motifs is 1. The average Bonchev–Trinajstić information content (AvgIpc) is 2.91. The van der Waals surface area contributed by atoms with Crippen molar-refractivity contribution in [1.29, 1.82) is 0 Å². The summed E-state index contributed by atoms with van der Waals surface area (Å²) in [5.41, 5.74) is 0.683. The summed E-state index contributed by atoms with van der Waals surface area (Å²) in [7, 11) is 0. The molecule has 1 aliphatic carbocycles. The molecule has 2 aromatic heterocycles. The number of aromatic nitrogens is 2. The number of hydrogen-bond acceptors (Lipinski definition) is 5. The van der Waals surface area contributed by atoms with Gasteiger partial charge in [-0.2, -0.15) is 0 Å². The first-order valence-corrected chi connectivity index (χ1v) is 9.78. The van der Waals surface area contributed by atoms with Crippen LogP contribution in [-0.2, 0) is 16.1 Å². The van der Waals surface area contributed by atoms with Gasteiger partial charge in [-0.15, -0.1) is 11.3 Å². The van der Waals surface area contributed by atoms with Gasteiger partial charge in [0.25, 0.3) is 5.56 Å². The molecule has 0 unspecified atom stereocenters. The van der Waals surface area contributed by atoms with Crippen molar-refractivity contribution >= 4 is 33.4 Å². The zero-order chi connectivity index (χ0) is 18.7. The van der Waals surface area contributed by atoms with E-state index in [1.54, 1.807) is 0 Å². The minimum atomic E-state index is -0.378. The molecule has 2 heterocycles. The Morgan fingerprint density at radius 1 is 1.23 bits per heavy atom. The molecule has 7 nitrogen and oxygen atoms in total. The third kappa shape index (κ3) is 4.12. The Morgan fingerprint density at radius 2 is 1.96 bits per heavy atom. The van der Waals surface area contributed by atoms with Gasteiger partial charge in [-0.05, 0) is 32.3 Å². The SMILES string of the molecule is Cc1sc2ncn(CC(=O)NCC(=O)NC3CCCCC3)c(=O)c2c1C. The van der Waals surface area contributed by atoms with E-state index in [4.69, 9.17) is 0 Å². The van der Waals surface area contributed by atoms with Crippen molar-refractivity contribution in [2.75, 3.05) is 6.54 Å². The molecule has 2 aromatic rings. The lowest BCUT2D eigenvalue weighted by molar-refractivity contribution is -0.126. The fourth-order valence-electron chi connectivity index (χ4n) is 3.30. The maximum atomic E-state index is 12.6. The maximum Gasteiger partial charge on any atom is 0.262 e. The Hall–Kier alpha value is -2.22. The average molecular weight is 376 g/mol. The fourth-order valence-corrected chi connectivity index (χ4v) is 4.29. The lowest BCUT2D eigenvalue weighted by atomic mass is 9.95. The van der Waals surface area contributed by atoms with Crippen LogP contribution in [0.15, 0.2) is 11.1 Å². The van der Waals surface area contributed by atoms with E-state index in [0.29, 0.717) is 10.2 Å². The maximum absolute atomic E-state index is 12.6. The highest BCUT2D eigenvalue weighted by Gasteiger charge is 2.17. The molecule has 0 saturated heterocycles. The molecule has 0 radical (unpaired) electrons. The monoisotopic (exact) mass is 376 g/mol. The largest absolute Gasteiger partial charge is 0.352 e. The molecule has 3 rings (SSSR count). The Balaban J connectivity index is 1.57. The molecule has 1 aliphatic rings. The Kier molecular flexibility index (Phi) is 5.70. The van der Waals surface area contributed by atoms with Gasteiger partial charge >= 0.3 is 0 Å². The molecule has 1 saturated carbocycles. The van der Waals surface area contributed by atoms with E-state index in [1.165, 1.54) is 28.7 Å². The number of carbonyl (C=O) groups is 2. The smallest absolute Gasteiger partial charge is 0.262 e. The van der Waals surface area contributed by atoms with Gasteiger partial charge in [0, 0.05) is 10.9 Å². The first-order chi connectivity index (χ1) is 12.5. The van der Waals surface area contributed by atoms with Gasteiger partial charge < -0.3 is 10.6 Å². The zero-order valence-electron chi connectivity index (χ0n) is 15.1. The van der Waals surface area contributed by atoms with Crippen LogP contribution in [0.3, 0.4) is 0 Å². The summed E-state index contributed by atoms with van der Waals surface area (Å²) in [6.45, 7) is 3.61. The van der Waals surface area contributed by atoms with E-state index in [9.17, 15) is 14.4 Å². The topological polar surface area (TPSA) is 93.1 Å². The third-order valence-corrected chi connectivity index (χ3v) is 6.00. The second-order valence-corrected chi connectivity index (χ2v) is 8.02. The van der Waals surface area contributed by atoms with Crippen LogP contribution in [0.4, 0.5) is 0 Å². The van der Waals surface area contributed by atoms with Gasteiger partial charge in [-0.1, -0.05) is 19.3 Å². The molecule has 0 bridgehead atoms. The van der Waals surface area contributed by atoms with Crippen molar-refractivity contribution in [1.82, 2.24) is 20.2 Å². The molecule has 140 valence electrons. The Bertz CT molecular complexity index is 880. The van der Waals surface area contributed by atoms with Crippen molar-refractivity contribution in [2.45, 2.75) is 58.5 Å². The van der Waals surface area contributed by atoms with Gasteiger partial charge in [0.1, 0.15) is 11.4 Å². The van der Waals surface area contributed by atoms with Crippen molar-refractivity contribution in [2.24, 2.45) is 0 Å². The number of carbonyl (C=O) groups excluding carboxylic acids is 2. The normalized spacial score (nSPS) is 15.2. The number of amides is 2. The third-order valence-electron chi connectivity index (χ3n) is 4.89. The molecule has 26 heavy (non-hydrogen) atoms. The van der Waals surface area contributed by atoms with Crippen molar-refractivity contribution in [3.63, 3.8) is 0 Å². The predicted molar refractivity (Wildman–Crippen MR) is 101 cm³/mol. The van der Waals surface area contributed by atoms with E-state index >= 15 is 0 Å². The number of hydrogen-bond donors (Lipinski definition) is 2. The van der Waals surface area contributed by atoms with Gasteiger partial charge in [0.05, 0.1) is 18.3 Å². The van der Waals surface area contributed by atoms with Gasteiger partial charge in [-0.3, -0.25) is 19.0 Å². The summed E-state index contributed by atoms with van der Waals surface area (Å²) in [5.74, 6) is -0.563. The standard InChI is InChI=1S/C18H24N4O3S/c1-11-12(2)26-17-16(11)18(25)22(10-20-17)9-15(24)19-8-14(23)21-13-6-4-3-5-7-13/h10,13H,3-9H2,1-2H3,(H,19,24)(H,21,23). The molecule has 8 heteroatoms. The van der Waals surface area contributed by atoms with Gasteiger partial charge in [0.15, 0.2) is 0 Å². The molecular formula is C18H24N4O3S. The van der Waals surface area contributed by atoms with E-state index in [1.807, 2.05) is 13.8 Å². The van der Waals surface area contributed by atoms with Crippen LogP contribution < -0.4 is 16.2 Å². The Morgan fingerprint density at radius 3 is 2.69 bits per heavy atom. The van der Waals surface area contributed by atoms with Gasteiger partial charge in [-0.25, -0.2) is 4.98 Å². The molecule has 0 aromatic carbocycles. The van der Waals surface area contributed by atoms with Crippen molar-refractivity contribution in [3.05, 3.63) is 27.1 Å². The molecule has 1 fully saturated rings. The summed E-state index contributed by atoms with van der Waals surface area (Å²) in [6.07, 6.45) is 6.88. The second-order valence-electron chi connectivity index (χ2n) is 6.82. The minimum Gasteiger partial charge on any atom is -0.352 e.